The van der Waals surface area contributed by atoms with Crippen molar-refractivity contribution in [1.82, 2.24) is 0 Å². The number of unbranched alkanes of at least 4 members (excludes halogenated alkanes) is 4. The Labute approximate surface area is 358 Å². The first-order valence-corrected chi connectivity index (χ1v) is 24.2. The van der Waals surface area contributed by atoms with Gasteiger partial charge >= 0.3 is 0 Å². The number of rotatable bonds is 16. The Bertz CT molecular complexity index is 2580. The minimum absolute atomic E-state index is 0.269. The van der Waals surface area contributed by atoms with E-state index < -0.39 is 10.1 Å². The van der Waals surface area contributed by atoms with Gasteiger partial charge in [0.2, 0.25) is 5.52 Å². The van der Waals surface area contributed by atoms with Crippen molar-refractivity contribution in [3.8, 4) is 22.3 Å². The maximum atomic E-state index is 11.6. The highest BCUT2D eigenvalue weighted by atomic mass is 32.2. The van der Waals surface area contributed by atoms with E-state index in [0.29, 0.717) is 12.5 Å². The molecule has 302 valence electrons. The fourth-order valence-electron chi connectivity index (χ4n) is 8.42. The van der Waals surface area contributed by atoms with Crippen LogP contribution in [0.15, 0.2) is 161 Å². The standard InChI is InChI=1S/C51H52N2O3S3/c1-38-31-40(33-41(32-38)35-51-53(29-16-30-59(54,55)56)47-37-45(25-27-49(47)58-51)43-22-13-7-14-23-43)34-50-52(28-15-4-2-3-8-17-39-18-9-5-10-19-39)46-36-44(24-26-48(46)57-50)42-20-11-6-12-21-42/h5-7,9-14,18-27,33-38H,2-4,8,15-17,28-32H2,1H3. The summed E-state index contributed by atoms with van der Waals surface area (Å²) in [5.41, 5.74) is 11.1. The van der Waals surface area contributed by atoms with Crippen LogP contribution in [0.1, 0.15) is 68.9 Å². The number of anilines is 1. The summed E-state index contributed by atoms with van der Waals surface area (Å²) >= 11 is 3.61. The van der Waals surface area contributed by atoms with Gasteiger partial charge in [-0.25, -0.2) is 8.42 Å². The zero-order valence-corrected chi connectivity index (χ0v) is 36.2. The van der Waals surface area contributed by atoms with Crippen LogP contribution in [0.3, 0.4) is 0 Å². The predicted octanol–water partition coefficient (Wildman–Crippen LogP) is 12.8. The van der Waals surface area contributed by atoms with Crippen molar-refractivity contribution in [2.24, 2.45) is 5.92 Å². The van der Waals surface area contributed by atoms with Crippen molar-refractivity contribution >= 4 is 55.2 Å². The molecule has 8 rings (SSSR count). The molecule has 0 saturated carbocycles. The summed E-state index contributed by atoms with van der Waals surface area (Å²) in [5.74, 6) is 0.0944. The van der Waals surface area contributed by atoms with Gasteiger partial charge in [-0.15, -0.1) is 0 Å². The van der Waals surface area contributed by atoms with E-state index in [-0.39, 0.29) is 12.2 Å². The Morgan fingerprint density at radius 1 is 0.729 bits per heavy atom. The second kappa shape index (κ2) is 19.1. The lowest BCUT2D eigenvalue weighted by Gasteiger charge is -2.24. The molecular formula is C51H52N2O3S3. The molecule has 0 fully saturated rings. The molecule has 1 atom stereocenters. The molecular weight excluding hydrogens is 785 g/mol. The summed E-state index contributed by atoms with van der Waals surface area (Å²) < 4.78 is 38.2. The van der Waals surface area contributed by atoms with Gasteiger partial charge < -0.3 is 9.45 Å². The highest BCUT2D eigenvalue weighted by Gasteiger charge is 2.27. The fraction of sp³-hybridized carbons (Fsp3) is 0.275. The third kappa shape index (κ3) is 10.7. The molecule has 0 saturated heterocycles. The molecule has 1 aromatic heterocycles. The Morgan fingerprint density at radius 3 is 2.12 bits per heavy atom. The number of hydrogen-bond donors (Lipinski definition) is 0. The average Bonchev–Trinajstić information content (AvgIpc) is 3.76. The number of hydrogen-bond acceptors (Lipinski definition) is 6. The Hall–Kier alpha value is -4.73. The smallest absolute Gasteiger partial charge is 0.263 e. The van der Waals surface area contributed by atoms with E-state index in [2.05, 4.69) is 144 Å². The summed E-state index contributed by atoms with van der Waals surface area (Å²) in [6, 6.07) is 45.3. The summed E-state index contributed by atoms with van der Waals surface area (Å²) in [6.07, 6.45) is 16.6. The van der Waals surface area contributed by atoms with Gasteiger partial charge in [0.05, 0.1) is 20.8 Å². The second-order valence-corrected chi connectivity index (χ2v) is 19.6. The van der Waals surface area contributed by atoms with Crippen molar-refractivity contribution in [3.63, 3.8) is 0 Å². The highest BCUT2D eigenvalue weighted by Crippen LogP contribution is 2.48. The molecule has 1 unspecified atom stereocenters. The van der Waals surface area contributed by atoms with Crippen LogP contribution in [-0.4, -0.2) is 25.3 Å². The molecule has 59 heavy (non-hydrogen) atoms. The number of thioether (sulfide) groups is 1. The number of thiazole rings is 1. The normalized spacial score (nSPS) is 16.9. The zero-order chi connectivity index (χ0) is 40.6. The molecule has 0 amide bonds. The van der Waals surface area contributed by atoms with Crippen LogP contribution in [0.5, 0.6) is 0 Å². The van der Waals surface area contributed by atoms with Crippen molar-refractivity contribution in [1.29, 1.82) is 0 Å². The number of nitrogens with zero attached hydrogens (tertiary/aromatic N) is 2. The Balaban J connectivity index is 1.06. The molecule has 6 aromatic rings. The molecule has 8 heteroatoms. The van der Waals surface area contributed by atoms with E-state index in [9.17, 15) is 13.0 Å². The summed E-state index contributed by atoms with van der Waals surface area (Å²) in [4.78, 5) is 3.87. The van der Waals surface area contributed by atoms with E-state index in [1.807, 2.05) is 30.0 Å². The number of allylic oxidation sites excluding steroid dienone is 4. The van der Waals surface area contributed by atoms with Crippen molar-refractivity contribution < 1.29 is 17.5 Å². The molecule has 2 heterocycles. The van der Waals surface area contributed by atoms with Gasteiger partial charge in [0, 0.05) is 35.8 Å². The molecule has 0 bridgehead atoms. The molecule has 1 aliphatic heterocycles. The summed E-state index contributed by atoms with van der Waals surface area (Å²) in [5, 5.41) is 2.36. The molecule has 0 spiro atoms. The topological polar surface area (TPSA) is 64.3 Å². The average molecular weight is 837 g/mol. The number of fused-ring (bicyclic) bond motifs is 2. The van der Waals surface area contributed by atoms with E-state index >= 15 is 0 Å². The highest BCUT2D eigenvalue weighted by molar-refractivity contribution is 8.03. The van der Waals surface area contributed by atoms with Gasteiger partial charge in [-0.05, 0) is 101 Å². The number of aromatic nitrogens is 1. The second-order valence-electron chi connectivity index (χ2n) is 16.0. The zero-order valence-electron chi connectivity index (χ0n) is 33.8. The minimum Gasteiger partial charge on any atom is -0.748 e. The molecule has 1 aliphatic carbocycles. The first-order chi connectivity index (χ1) is 28.8. The van der Waals surface area contributed by atoms with Gasteiger partial charge in [-0.2, -0.15) is 4.57 Å². The van der Waals surface area contributed by atoms with Crippen molar-refractivity contribution in [2.45, 2.75) is 76.2 Å². The van der Waals surface area contributed by atoms with Crippen LogP contribution in [0.2, 0.25) is 0 Å². The Kier molecular flexibility index (Phi) is 13.3. The SMILES string of the molecule is CC1CC(C=C2Sc3ccc(-c4ccccc4)cc3N2CCCCCCCc2ccccc2)=CC(=Cc2sc3ccc(-c4ccccc4)cc3[n+]2CCCS(=O)(=O)[O-])C1. The van der Waals surface area contributed by atoms with Gasteiger partial charge in [0.15, 0.2) is 6.54 Å². The molecule has 0 N–H and O–H groups in total. The van der Waals surface area contributed by atoms with Gasteiger partial charge in [0.1, 0.15) is 4.70 Å². The van der Waals surface area contributed by atoms with E-state index in [0.717, 1.165) is 58.6 Å². The van der Waals surface area contributed by atoms with Crippen LogP contribution in [0, 0.1) is 5.92 Å². The summed E-state index contributed by atoms with van der Waals surface area (Å²) in [6.45, 7) is 3.78. The van der Waals surface area contributed by atoms with Crippen LogP contribution in [0.4, 0.5) is 5.69 Å². The third-order valence-electron chi connectivity index (χ3n) is 11.3. The largest absolute Gasteiger partial charge is 0.748 e. The first kappa shape index (κ1) is 41.0. The lowest BCUT2D eigenvalue weighted by atomic mass is 9.87. The van der Waals surface area contributed by atoms with Gasteiger partial charge in [-0.3, -0.25) is 0 Å². The van der Waals surface area contributed by atoms with Gasteiger partial charge in [0.25, 0.3) is 5.01 Å². The number of benzene rings is 5. The Morgan fingerprint density at radius 2 is 1.39 bits per heavy atom. The third-order valence-corrected chi connectivity index (χ3v) is 14.3. The van der Waals surface area contributed by atoms with Crippen molar-refractivity contribution in [2.75, 3.05) is 17.2 Å². The summed E-state index contributed by atoms with van der Waals surface area (Å²) in [7, 11) is -4.31. The molecule has 0 radical (unpaired) electrons. The van der Waals surface area contributed by atoms with E-state index in [4.69, 9.17) is 0 Å². The lowest BCUT2D eigenvalue weighted by Crippen LogP contribution is -2.36. The first-order valence-electron chi connectivity index (χ1n) is 21.0. The fourth-order valence-corrected chi connectivity index (χ4v) is 11.2. The maximum Gasteiger partial charge on any atom is 0.263 e. The minimum atomic E-state index is -4.31. The van der Waals surface area contributed by atoms with E-state index in [1.165, 1.54) is 69.1 Å². The van der Waals surface area contributed by atoms with Gasteiger partial charge in [-0.1, -0.05) is 158 Å². The lowest BCUT2D eigenvalue weighted by molar-refractivity contribution is -0.668. The van der Waals surface area contributed by atoms with Crippen LogP contribution >= 0.6 is 23.1 Å². The van der Waals surface area contributed by atoms with Crippen LogP contribution in [-0.2, 0) is 23.1 Å². The molecule has 2 aliphatic rings. The quantitative estimate of drug-likeness (QED) is 0.0552. The van der Waals surface area contributed by atoms with Crippen molar-refractivity contribution in [3.05, 3.63) is 166 Å². The number of aryl methyl sites for hydroxylation is 2. The monoisotopic (exact) mass is 836 g/mol. The van der Waals surface area contributed by atoms with Crippen LogP contribution in [0.25, 0.3) is 38.5 Å². The molecule has 5 aromatic carbocycles. The van der Waals surface area contributed by atoms with Crippen LogP contribution < -0.4 is 9.47 Å². The maximum absolute atomic E-state index is 11.6. The predicted molar refractivity (Wildman–Crippen MR) is 247 cm³/mol. The molecule has 5 nitrogen and oxygen atoms in total. The van der Waals surface area contributed by atoms with E-state index in [1.54, 1.807) is 11.3 Å².